The number of piperidine rings is 1. The lowest BCUT2D eigenvalue weighted by Gasteiger charge is -2.38. The predicted molar refractivity (Wildman–Crippen MR) is 59.1 cm³/mol. The number of likely N-dealkylation sites (tertiary alicyclic amines) is 1. The molecule has 1 aliphatic carbocycles. The van der Waals surface area contributed by atoms with Crippen molar-refractivity contribution in [3.8, 4) is 0 Å². The van der Waals surface area contributed by atoms with Gasteiger partial charge in [-0.25, -0.2) is 4.79 Å². The third-order valence-corrected chi connectivity index (χ3v) is 4.00. The number of rotatable bonds is 2. The van der Waals surface area contributed by atoms with Crippen molar-refractivity contribution in [2.24, 2.45) is 5.41 Å². The summed E-state index contributed by atoms with van der Waals surface area (Å²) in [6.45, 7) is 1.38. The van der Waals surface area contributed by atoms with E-state index < -0.39 is 12.0 Å². The Morgan fingerprint density at radius 3 is 2.12 bits per heavy atom. The highest BCUT2D eigenvalue weighted by molar-refractivity contribution is 6.01. The summed E-state index contributed by atoms with van der Waals surface area (Å²) >= 11 is 0. The molecule has 1 saturated carbocycles. The van der Waals surface area contributed by atoms with Crippen LogP contribution in [0, 0.1) is 5.41 Å². The van der Waals surface area contributed by atoms with Crippen molar-refractivity contribution in [2.45, 2.75) is 51.5 Å². The fourth-order valence-electron chi connectivity index (χ4n) is 3.03. The summed E-state index contributed by atoms with van der Waals surface area (Å²) in [5.74, 6) is -1.77. The van der Waals surface area contributed by atoms with Crippen molar-refractivity contribution in [1.82, 2.24) is 4.90 Å². The lowest BCUT2D eigenvalue weighted by atomic mass is 9.76. The first-order valence-corrected chi connectivity index (χ1v) is 6.03. The zero-order chi connectivity index (χ0) is 12.6. The summed E-state index contributed by atoms with van der Waals surface area (Å²) in [6, 6.07) is -1.05. The Morgan fingerprint density at radius 2 is 1.71 bits per heavy atom. The van der Waals surface area contributed by atoms with Gasteiger partial charge in [0, 0.05) is 12.8 Å². The van der Waals surface area contributed by atoms with Crippen LogP contribution in [-0.2, 0) is 14.4 Å². The standard InChI is InChI=1S/C12H17NO4/c1-8(11(16)17)13-9(14)6-12(7-10(13)15)4-2-3-5-12/h8H,2-7H2,1H3,(H,16,17). The molecule has 0 radical (unpaired) electrons. The van der Waals surface area contributed by atoms with Crippen LogP contribution in [0.2, 0.25) is 0 Å². The van der Waals surface area contributed by atoms with Crippen molar-refractivity contribution in [2.75, 3.05) is 0 Å². The van der Waals surface area contributed by atoms with Gasteiger partial charge in [-0.1, -0.05) is 12.8 Å². The van der Waals surface area contributed by atoms with Gasteiger partial charge in [0.05, 0.1) is 0 Å². The van der Waals surface area contributed by atoms with E-state index >= 15 is 0 Å². The number of carboxylic acid groups (broad SMARTS) is 1. The number of imide groups is 1. The smallest absolute Gasteiger partial charge is 0.326 e. The van der Waals surface area contributed by atoms with E-state index in [2.05, 4.69) is 0 Å². The normalized spacial score (nSPS) is 25.4. The summed E-state index contributed by atoms with van der Waals surface area (Å²) in [5, 5.41) is 8.88. The van der Waals surface area contributed by atoms with Crippen molar-refractivity contribution in [3.05, 3.63) is 0 Å². The molecular formula is C12H17NO4. The SMILES string of the molecule is CC(C(=O)O)N1C(=O)CC2(CCCC2)CC1=O. The van der Waals surface area contributed by atoms with E-state index in [0.717, 1.165) is 30.6 Å². The number of carbonyl (C=O) groups is 3. The molecular weight excluding hydrogens is 222 g/mol. The Bertz CT molecular complexity index is 351. The maximum Gasteiger partial charge on any atom is 0.326 e. The first-order chi connectivity index (χ1) is 7.95. The quantitative estimate of drug-likeness (QED) is 0.734. The number of nitrogens with zero attached hydrogens (tertiary/aromatic N) is 1. The van der Waals surface area contributed by atoms with E-state index in [1.54, 1.807) is 0 Å². The molecule has 2 aliphatic rings. The minimum atomic E-state index is -1.13. The molecule has 1 heterocycles. The number of hydrogen-bond donors (Lipinski definition) is 1. The van der Waals surface area contributed by atoms with E-state index in [0.29, 0.717) is 12.8 Å². The second kappa shape index (κ2) is 4.13. The van der Waals surface area contributed by atoms with Gasteiger partial charge >= 0.3 is 5.97 Å². The molecule has 1 unspecified atom stereocenters. The van der Waals surface area contributed by atoms with Crippen LogP contribution in [0.5, 0.6) is 0 Å². The lowest BCUT2D eigenvalue weighted by molar-refractivity contribution is -0.163. The van der Waals surface area contributed by atoms with E-state index in [9.17, 15) is 14.4 Å². The molecule has 0 bridgehead atoms. The molecule has 17 heavy (non-hydrogen) atoms. The molecule has 0 aromatic carbocycles. The highest BCUT2D eigenvalue weighted by Gasteiger charge is 2.47. The average molecular weight is 239 g/mol. The first kappa shape index (κ1) is 12.1. The van der Waals surface area contributed by atoms with Gasteiger partial charge in [-0.05, 0) is 25.2 Å². The zero-order valence-electron chi connectivity index (χ0n) is 9.94. The van der Waals surface area contributed by atoms with Gasteiger partial charge in [-0.2, -0.15) is 0 Å². The molecule has 5 heteroatoms. The van der Waals surface area contributed by atoms with Gasteiger partial charge in [0.1, 0.15) is 6.04 Å². The Balaban J connectivity index is 2.16. The van der Waals surface area contributed by atoms with Gasteiger partial charge in [-0.15, -0.1) is 0 Å². The topological polar surface area (TPSA) is 74.7 Å². The molecule has 1 atom stereocenters. The van der Waals surface area contributed by atoms with Crippen LogP contribution in [0.15, 0.2) is 0 Å². The van der Waals surface area contributed by atoms with Crippen LogP contribution in [0.1, 0.15) is 45.4 Å². The summed E-state index contributed by atoms with van der Waals surface area (Å²) in [6.07, 6.45) is 4.62. The Morgan fingerprint density at radius 1 is 1.24 bits per heavy atom. The van der Waals surface area contributed by atoms with Crippen LogP contribution < -0.4 is 0 Å². The molecule has 2 amide bonds. The summed E-state index contributed by atoms with van der Waals surface area (Å²) < 4.78 is 0. The first-order valence-electron chi connectivity index (χ1n) is 6.03. The van der Waals surface area contributed by atoms with Crippen LogP contribution in [-0.4, -0.2) is 33.8 Å². The highest BCUT2D eigenvalue weighted by atomic mass is 16.4. The van der Waals surface area contributed by atoms with Gasteiger partial charge < -0.3 is 5.11 Å². The van der Waals surface area contributed by atoms with E-state index in [1.165, 1.54) is 6.92 Å². The molecule has 94 valence electrons. The minimum Gasteiger partial charge on any atom is -0.480 e. The predicted octanol–water partition coefficient (Wildman–Crippen LogP) is 1.17. The Hall–Kier alpha value is -1.39. The fraction of sp³-hybridized carbons (Fsp3) is 0.750. The molecule has 0 aromatic rings. The van der Waals surface area contributed by atoms with Crippen molar-refractivity contribution in [1.29, 1.82) is 0 Å². The molecule has 1 N–H and O–H groups in total. The van der Waals surface area contributed by atoms with E-state index in [4.69, 9.17) is 5.11 Å². The monoisotopic (exact) mass is 239 g/mol. The number of aliphatic carboxylic acids is 1. The molecule has 2 fully saturated rings. The van der Waals surface area contributed by atoms with Crippen molar-refractivity contribution >= 4 is 17.8 Å². The third-order valence-electron chi connectivity index (χ3n) is 4.00. The second-order valence-electron chi connectivity index (χ2n) is 5.23. The summed E-state index contributed by atoms with van der Waals surface area (Å²) in [7, 11) is 0. The van der Waals surface area contributed by atoms with Crippen LogP contribution in [0.4, 0.5) is 0 Å². The number of carbonyl (C=O) groups excluding carboxylic acids is 2. The van der Waals surface area contributed by atoms with Crippen LogP contribution in [0.25, 0.3) is 0 Å². The lowest BCUT2D eigenvalue weighted by Crippen LogP contribution is -2.53. The average Bonchev–Trinajstić information content (AvgIpc) is 2.64. The largest absolute Gasteiger partial charge is 0.480 e. The fourth-order valence-corrected chi connectivity index (χ4v) is 3.03. The third kappa shape index (κ3) is 2.06. The van der Waals surface area contributed by atoms with Crippen LogP contribution >= 0.6 is 0 Å². The maximum absolute atomic E-state index is 12.0. The van der Waals surface area contributed by atoms with Gasteiger partial charge in [0.25, 0.3) is 0 Å². The van der Waals surface area contributed by atoms with E-state index in [-0.39, 0.29) is 17.2 Å². The minimum absolute atomic E-state index is 0.164. The van der Waals surface area contributed by atoms with Crippen LogP contribution in [0.3, 0.4) is 0 Å². The van der Waals surface area contributed by atoms with E-state index in [1.807, 2.05) is 0 Å². The number of hydrogen-bond acceptors (Lipinski definition) is 3. The molecule has 0 aromatic heterocycles. The number of amides is 2. The zero-order valence-corrected chi connectivity index (χ0v) is 9.94. The highest BCUT2D eigenvalue weighted by Crippen LogP contribution is 2.47. The molecule has 1 spiro atoms. The summed E-state index contributed by atoms with van der Waals surface area (Å²) in [4.78, 5) is 35.7. The Kier molecular flexibility index (Phi) is 2.93. The van der Waals surface area contributed by atoms with Crippen molar-refractivity contribution in [3.63, 3.8) is 0 Å². The summed E-state index contributed by atoms with van der Waals surface area (Å²) in [5.41, 5.74) is -0.164. The van der Waals surface area contributed by atoms with Gasteiger partial charge in [-0.3, -0.25) is 14.5 Å². The van der Waals surface area contributed by atoms with Crippen molar-refractivity contribution < 1.29 is 19.5 Å². The number of carboxylic acids is 1. The Labute approximate surface area is 99.8 Å². The second-order valence-corrected chi connectivity index (χ2v) is 5.23. The molecule has 5 nitrogen and oxygen atoms in total. The maximum atomic E-state index is 12.0. The van der Waals surface area contributed by atoms with Gasteiger partial charge in [0.15, 0.2) is 0 Å². The van der Waals surface area contributed by atoms with Gasteiger partial charge in [0.2, 0.25) is 11.8 Å². The molecule has 1 aliphatic heterocycles. The molecule has 1 saturated heterocycles. The molecule has 2 rings (SSSR count).